The first-order valence-corrected chi connectivity index (χ1v) is 7.54. The van der Waals surface area contributed by atoms with Crippen LogP contribution in [-0.2, 0) is 0 Å². The molecule has 108 valence electrons. The highest BCUT2D eigenvalue weighted by molar-refractivity contribution is 9.10. The number of benzene rings is 1. The van der Waals surface area contributed by atoms with Gasteiger partial charge in [0.2, 0.25) is 11.7 Å². The maximum absolute atomic E-state index is 6.07. The molecular formula is C15H20BrN3O. The second-order valence-electron chi connectivity index (χ2n) is 5.62. The zero-order valence-electron chi connectivity index (χ0n) is 12.3. The molecule has 1 aromatic heterocycles. The predicted octanol–water partition coefficient (Wildman–Crippen LogP) is 4.16. The average Bonchev–Trinajstić information content (AvgIpc) is 2.84. The molecule has 0 saturated heterocycles. The van der Waals surface area contributed by atoms with E-state index in [1.54, 1.807) is 0 Å². The summed E-state index contributed by atoms with van der Waals surface area (Å²) in [5.41, 5.74) is 9.32. The van der Waals surface area contributed by atoms with E-state index < -0.39 is 0 Å². The molecule has 0 aliphatic carbocycles. The van der Waals surface area contributed by atoms with Gasteiger partial charge in [-0.1, -0.05) is 34.9 Å². The van der Waals surface area contributed by atoms with Crippen LogP contribution in [0.25, 0.3) is 11.4 Å². The van der Waals surface area contributed by atoms with E-state index in [0.29, 0.717) is 17.6 Å². The van der Waals surface area contributed by atoms with Gasteiger partial charge in [-0.05, 0) is 49.4 Å². The van der Waals surface area contributed by atoms with Gasteiger partial charge >= 0.3 is 0 Å². The monoisotopic (exact) mass is 337 g/mol. The minimum atomic E-state index is -0.200. The molecule has 0 bridgehead atoms. The van der Waals surface area contributed by atoms with Crippen LogP contribution < -0.4 is 5.73 Å². The van der Waals surface area contributed by atoms with E-state index in [4.69, 9.17) is 10.3 Å². The van der Waals surface area contributed by atoms with Crippen molar-refractivity contribution in [3.63, 3.8) is 0 Å². The standard InChI is InChI=1S/C15H20BrN3O/c1-8(2)5-12(17)15-18-14(19-20-15)11-6-9(3)13(16)10(4)7-11/h6-8,12H,5,17H2,1-4H3/t12-/m0/s1. The molecule has 2 aromatic rings. The molecular weight excluding hydrogens is 318 g/mol. The summed E-state index contributed by atoms with van der Waals surface area (Å²) < 4.78 is 6.41. The molecule has 0 fully saturated rings. The van der Waals surface area contributed by atoms with Crippen molar-refractivity contribution in [2.24, 2.45) is 11.7 Å². The number of aromatic nitrogens is 2. The Morgan fingerprint density at radius 2 is 1.85 bits per heavy atom. The van der Waals surface area contributed by atoms with Gasteiger partial charge in [0.05, 0.1) is 6.04 Å². The second-order valence-corrected chi connectivity index (χ2v) is 6.41. The van der Waals surface area contributed by atoms with Crippen molar-refractivity contribution in [2.75, 3.05) is 0 Å². The summed E-state index contributed by atoms with van der Waals surface area (Å²) in [6.45, 7) is 8.34. The summed E-state index contributed by atoms with van der Waals surface area (Å²) in [5.74, 6) is 1.60. The molecule has 0 aliphatic rings. The summed E-state index contributed by atoms with van der Waals surface area (Å²) in [6.07, 6.45) is 0.833. The number of rotatable bonds is 4. The molecule has 0 saturated carbocycles. The van der Waals surface area contributed by atoms with E-state index in [1.807, 2.05) is 26.0 Å². The molecule has 0 radical (unpaired) electrons. The van der Waals surface area contributed by atoms with Gasteiger partial charge in [0.1, 0.15) is 0 Å². The number of aryl methyl sites for hydroxylation is 2. The molecule has 4 nitrogen and oxygen atoms in total. The van der Waals surface area contributed by atoms with Crippen molar-refractivity contribution in [3.05, 3.63) is 33.6 Å². The third-order valence-corrected chi connectivity index (χ3v) is 4.43. The molecule has 1 heterocycles. The summed E-state index contributed by atoms with van der Waals surface area (Å²) in [6, 6.07) is 3.88. The van der Waals surface area contributed by atoms with Crippen molar-refractivity contribution >= 4 is 15.9 Å². The van der Waals surface area contributed by atoms with Crippen LogP contribution in [0.15, 0.2) is 21.1 Å². The SMILES string of the molecule is Cc1cc(-c2noc([C@@H](N)CC(C)C)n2)cc(C)c1Br. The van der Waals surface area contributed by atoms with Crippen molar-refractivity contribution in [2.45, 2.75) is 40.2 Å². The highest BCUT2D eigenvalue weighted by Crippen LogP contribution is 2.28. The van der Waals surface area contributed by atoms with Gasteiger partial charge in [0, 0.05) is 10.0 Å². The molecule has 1 atom stereocenters. The van der Waals surface area contributed by atoms with E-state index in [9.17, 15) is 0 Å². The fourth-order valence-electron chi connectivity index (χ4n) is 2.19. The Bertz CT molecular complexity index is 584. The van der Waals surface area contributed by atoms with Crippen LogP contribution in [0.4, 0.5) is 0 Å². The third-order valence-electron chi connectivity index (χ3n) is 3.18. The van der Waals surface area contributed by atoms with Gasteiger partial charge < -0.3 is 10.3 Å². The first kappa shape index (κ1) is 15.2. The lowest BCUT2D eigenvalue weighted by Crippen LogP contribution is -2.13. The number of nitrogens with zero attached hydrogens (tertiary/aromatic N) is 2. The smallest absolute Gasteiger partial charge is 0.243 e. The Morgan fingerprint density at radius 3 is 2.40 bits per heavy atom. The summed E-state index contributed by atoms with van der Waals surface area (Å²) in [7, 11) is 0. The minimum Gasteiger partial charge on any atom is -0.337 e. The van der Waals surface area contributed by atoms with Gasteiger partial charge in [-0.25, -0.2) is 0 Å². The highest BCUT2D eigenvalue weighted by atomic mass is 79.9. The molecule has 2 N–H and O–H groups in total. The zero-order valence-corrected chi connectivity index (χ0v) is 13.9. The van der Waals surface area contributed by atoms with Crippen LogP contribution >= 0.6 is 15.9 Å². The van der Waals surface area contributed by atoms with Gasteiger partial charge in [0.25, 0.3) is 0 Å². The van der Waals surface area contributed by atoms with Gasteiger partial charge in [-0.3, -0.25) is 0 Å². The molecule has 0 amide bonds. The Kier molecular flexibility index (Phi) is 4.60. The summed E-state index contributed by atoms with van der Waals surface area (Å²) in [5, 5.41) is 4.05. The lowest BCUT2D eigenvalue weighted by atomic mass is 10.0. The normalized spacial score (nSPS) is 12.9. The number of hydrogen-bond donors (Lipinski definition) is 1. The van der Waals surface area contributed by atoms with Crippen molar-refractivity contribution < 1.29 is 4.52 Å². The van der Waals surface area contributed by atoms with E-state index in [-0.39, 0.29) is 6.04 Å². The van der Waals surface area contributed by atoms with Gasteiger partial charge in [-0.15, -0.1) is 0 Å². The lowest BCUT2D eigenvalue weighted by Gasteiger charge is -2.08. The fraction of sp³-hybridized carbons (Fsp3) is 0.467. The van der Waals surface area contributed by atoms with E-state index in [2.05, 4.69) is 39.9 Å². The predicted molar refractivity (Wildman–Crippen MR) is 83.3 cm³/mol. The fourth-order valence-corrected chi connectivity index (χ4v) is 2.42. The third kappa shape index (κ3) is 3.27. The number of halogens is 1. The number of nitrogens with two attached hydrogens (primary N) is 1. The molecule has 20 heavy (non-hydrogen) atoms. The molecule has 0 spiro atoms. The van der Waals surface area contributed by atoms with Crippen molar-refractivity contribution in [1.29, 1.82) is 0 Å². The lowest BCUT2D eigenvalue weighted by molar-refractivity contribution is 0.335. The first-order chi connectivity index (χ1) is 9.38. The van der Waals surface area contributed by atoms with E-state index >= 15 is 0 Å². The molecule has 0 unspecified atom stereocenters. The Balaban J connectivity index is 2.29. The Hall–Kier alpha value is -1.20. The summed E-state index contributed by atoms with van der Waals surface area (Å²) >= 11 is 3.56. The van der Waals surface area contributed by atoms with Gasteiger partial charge in [-0.2, -0.15) is 4.98 Å². The Labute approximate surface area is 127 Å². The Morgan fingerprint density at radius 1 is 1.25 bits per heavy atom. The largest absolute Gasteiger partial charge is 0.337 e. The van der Waals surface area contributed by atoms with Crippen LogP contribution in [0.3, 0.4) is 0 Å². The van der Waals surface area contributed by atoms with Crippen molar-refractivity contribution in [1.82, 2.24) is 10.1 Å². The van der Waals surface area contributed by atoms with E-state index in [1.165, 1.54) is 0 Å². The molecule has 1 aromatic carbocycles. The van der Waals surface area contributed by atoms with E-state index in [0.717, 1.165) is 27.6 Å². The molecule has 5 heteroatoms. The van der Waals surface area contributed by atoms with Crippen LogP contribution in [-0.4, -0.2) is 10.1 Å². The minimum absolute atomic E-state index is 0.200. The van der Waals surface area contributed by atoms with Gasteiger partial charge in [0.15, 0.2) is 0 Å². The second kappa shape index (κ2) is 6.06. The molecule has 2 rings (SSSR count). The first-order valence-electron chi connectivity index (χ1n) is 6.74. The average molecular weight is 338 g/mol. The van der Waals surface area contributed by atoms with Crippen molar-refractivity contribution in [3.8, 4) is 11.4 Å². The summed E-state index contributed by atoms with van der Waals surface area (Å²) in [4.78, 5) is 4.43. The zero-order chi connectivity index (χ0) is 14.9. The topological polar surface area (TPSA) is 64.9 Å². The van der Waals surface area contributed by atoms with Crippen LogP contribution in [0.5, 0.6) is 0 Å². The number of hydrogen-bond acceptors (Lipinski definition) is 4. The van der Waals surface area contributed by atoms with Crippen LogP contribution in [0, 0.1) is 19.8 Å². The maximum atomic E-state index is 6.07. The maximum Gasteiger partial charge on any atom is 0.243 e. The molecule has 0 aliphatic heterocycles. The highest BCUT2D eigenvalue weighted by Gasteiger charge is 2.17. The quantitative estimate of drug-likeness (QED) is 0.909. The van der Waals surface area contributed by atoms with Crippen LogP contribution in [0.1, 0.15) is 43.3 Å². The van der Waals surface area contributed by atoms with Crippen LogP contribution in [0.2, 0.25) is 0 Å².